The molecule has 0 bridgehead atoms. The Morgan fingerprint density at radius 3 is 3.00 bits per heavy atom. The van der Waals surface area contributed by atoms with Crippen LogP contribution in [0.25, 0.3) is 10.9 Å². The molecule has 1 aromatic carbocycles. The first-order chi connectivity index (χ1) is 8.66. The fourth-order valence-electron chi connectivity index (χ4n) is 2.55. The van der Waals surface area contributed by atoms with Crippen molar-refractivity contribution in [2.24, 2.45) is 0 Å². The predicted molar refractivity (Wildman–Crippen MR) is 66.4 cm³/mol. The highest BCUT2D eigenvalue weighted by Crippen LogP contribution is 2.29. The third kappa shape index (κ3) is 1.73. The summed E-state index contributed by atoms with van der Waals surface area (Å²) in [7, 11) is 0. The monoisotopic (exact) mass is 247 g/mol. The van der Waals surface area contributed by atoms with E-state index in [1.165, 1.54) is 19.1 Å². The quantitative estimate of drug-likeness (QED) is 0.764. The minimum atomic E-state index is -0.314. The van der Waals surface area contributed by atoms with Gasteiger partial charge in [-0.05, 0) is 31.5 Å². The number of hydrogen-bond acceptors (Lipinski definition) is 2. The maximum atomic E-state index is 13.3. The summed E-state index contributed by atoms with van der Waals surface area (Å²) in [6.07, 6.45) is 2.75. The van der Waals surface area contributed by atoms with Crippen molar-refractivity contribution in [2.75, 3.05) is 13.2 Å². The van der Waals surface area contributed by atoms with Gasteiger partial charge in [0.25, 0.3) is 0 Å². The van der Waals surface area contributed by atoms with Gasteiger partial charge in [-0.15, -0.1) is 0 Å². The van der Waals surface area contributed by atoms with Gasteiger partial charge in [0.2, 0.25) is 0 Å². The number of fused-ring (bicyclic) bond motifs is 1. The van der Waals surface area contributed by atoms with Crippen molar-refractivity contribution in [2.45, 2.75) is 19.4 Å². The number of rotatable bonds is 2. The summed E-state index contributed by atoms with van der Waals surface area (Å²) in [4.78, 5) is 11.6. The summed E-state index contributed by atoms with van der Waals surface area (Å²) in [5.74, 6) is -0.353. The smallest absolute Gasteiger partial charge is 0.161 e. The second kappa shape index (κ2) is 4.21. The van der Waals surface area contributed by atoms with Crippen LogP contribution in [0.4, 0.5) is 4.39 Å². The van der Waals surface area contributed by atoms with Gasteiger partial charge in [-0.1, -0.05) is 0 Å². The number of ketones is 1. The van der Waals surface area contributed by atoms with Crippen LogP contribution in [0, 0.1) is 5.82 Å². The molecule has 2 heterocycles. The Bertz CT molecular complexity index is 612. The van der Waals surface area contributed by atoms with Crippen LogP contribution in [-0.2, 0) is 4.74 Å². The maximum absolute atomic E-state index is 13.3. The van der Waals surface area contributed by atoms with Crippen molar-refractivity contribution < 1.29 is 13.9 Å². The van der Waals surface area contributed by atoms with Gasteiger partial charge in [-0.2, -0.15) is 0 Å². The van der Waals surface area contributed by atoms with E-state index < -0.39 is 0 Å². The zero-order valence-corrected chi connectivity index (χ0v) is 10.1. The number of hydrogen-bond donors (Lipinski definition) is 0. The molecular weight excluding hydrogens is 233 g/mol. The molecular formula is C14H14FNO2. The molecule has 4 heteroatoms. The van der Waals surface area contributed by atoms with Gasteiger partial charge in [0.15, 0.2) is 5.78 Å². The van der Waals surface area contributed by atoms with E-state index in [0.29, 0.717) is 17.6 Å². The standard InChI is InChI=1S/C14H14FNO2/c1-9(17)13-7-16(11-4-5-18-8-11)14-3-2-10(15)6-12(13)14/h2-3,6-7,11H,4-5,8H2,1H3. The second-order valence-corrected chi connectivity index (χ2v) is 4.69. The lowest BCUT2D eigenvalue weighted by molar-refractivity contribution is 0.101. The van der Waals surface area contributed by atoms with Crippen LogP contribution >= 0.6 is 0 Å². The van der Waals surface area contributed by atoms with Crippen LogP contribution in [0.3, 0.4) is 0 Å². The molecule has 0 radical (unpaired) electrons. The molecule has 0 spiro atoms. The van der Waals surface area contributed by atoms with Gasteiger partial charge < -0.3 is 9.30 Å². The van der Waals surface area contributed by atoms with Crippen LogP contribution in [0.15, 0.2) is 24.4 Å². The van der Waals surface area contributed by atoms with Crippen molar-refractivity contribution in [1.29, 1.82) is 0 Å². The van der Waals surface area contributed by atoms with E-state index in [9.17, 15) is 9.18 Å². The topological polar surface area (TPSA) is 31.2 Å². The van der Waals surface area contributed by atoms with E-state index in [2.05, 4.69) is 0 Å². The molecule has 1 saturated heterocycles. The van der Waals surface area contributed by atoms with E-state index in [4.69, 9.17) is 4.74 Å². The summed E-state index contributed by atoms with van der Waals surface area (Å²) in [6.45, 7) is 2.90. The van der Waals surface area contributed by atoms with Crippen LogP contribution in [0.5, 0.6) is 0 Å². The molecule has 3 rings (SSSR count). The summed E-state index contributed by atoms with van der Waals surface area (Å²) in [6, 6.07) is 4.83. The number of carbonyl (C=O) groups is 1. The van der Waals surface area contributed by atoms with Gasteiger partial charge in [0.1, 0.15) is 5.82 Å². The Morgan fingerprint density at radius 1 is 1.50 bits per heavy atom. The van der Waals surface area contributed by atoms with Crippen molar-refractivity contribution in [3.63, 3.8) is 0 Å². The van der Waals surface area contributed by atoms with E-state index in [-0.39, 0.29) is 17.6 Å². The minimum absolute atomic E-state index is 0.0386. The summed E-state index contributed by atoms with van der Waals surface area (Å²) < 4.78 is 20.7. The molecule has 94 valence electrons. The number of ether oxygens (including phenoxy) is 1. The first-order valence-electron chi connectivity index (χ1n) is 6.05. The van der Waals surface area contributed by atoms with Crippen molar-refractivity contribution >= 4 is 16.7 Å². The van der Waals surface area contributed by atoms with E-state index in [1.54, 1.807) is 6.07 Å². The van der Waals surface area contributed by atoms with Crippen molar-refractivity contribution in [1.82, 2.24) is 4.57 Å². The van der Waals surface area contributed by atoms with Gasteiger partial charge in [-0.3, -0.25) is 4.79 Å². The largest absolute Gasteiger partial charge is 0.379 e. The molecule has 1 aliphatic heterocycles. The Balaban J connectivity index is 2.22. The Morgan fingerprint density at radius 2 is 2.33 bits per heavy atom. The SMILES string of the molecule is CC(=O)c1cn(C2CCOC2)c2ccc(F)cc12. The van der Waals surface area contributed by atoms with Crippen LogP contribution in [0.2, 0.25) is 0 Å². The van der Waals surface area contributed by atoms with E-state index in [1.807, 2.05) is 10.8 Å². The molecule has 1 unspecified atom stereocenters. The fraction of sp³-hybridized carbons (Fsp3) is 0.357. The molecule has 1 aromatic heterocycles. The lowest BCUT2D eigenvalue weighted by atomic mass is 10.1. The van der Waals surface area contributed by atoms with Crippen LogP contribution in [0.1, 0.15) is 29.7 Å². The normalized spacial score (nSPS) is 19.6. The Labute approximate surface area is 104 Å². The Hall–Kier alpha value is -1.68. The third-order valence-corrected chi connectivity index (χ3v) is 3.47. The molecule has 2 aromatic rings. The van der Waals surface area contributed by atoms with Gasteiger partial charge in [-0.25, -0.2) is 4.39 Å². The molecule has 18 heavy (non-hydrogen) atoms. The molecule has 1 aliphatic rings. The molecule has 1 atom stereocenters. The zero-order valence-electron chi connectivity index (χ0n) is 10.1. The average molecular weight is 247 g/mol. The number of benzene rings is 1. The Kier molecular flexibility index (Phi) is 2.67. The van der Waals surface area contributed by atoms with E-state index in [0.717, 1.165) is 18.5 Å². The van der Waals surface area contributed by atoms with Gasteiger partial charge in [0, 0.05) is 29.3 Å². The van der Waals surface area contributed by atoms with Gasteiger partial charge >= 0.3 is 0 Å². The first kappa shape index (κ1) is 11.4. The number of nitrogens with zero attached hydrogens (tertiary/aromatic N) is 1. The minimum Gasteiger partial charge on any atom is -0.379 e. The maximum Gasteiger partial charge on any atom is 0.161 e. The van der Waals surface area contributed by atoms with Crippen molar-refractivity contribution in [3.05, 3.63) is 35.8 Å². The molecule has 1 fully saturated rings. The molecule has 0 aliphatic carbocycles. The highest BCUT2D eigenvalue weighted by Gasteiger charge is 2.21. The highest BCUT2D eigenvalue weighted by molar-refractivity contribution is 6.07. The number of Topliss-reactive ketones (excluding diaryl/α,β-unsaturated/α-hetero) is 1. The molecule has 0 saturated carbocycles. The zero-order chi connectivity index (χ0) is 12.7. The van der Waals surface area contributed by atoms with Crippen LogP contribution in [-0.4, -0.2) is 23.6 Å². The van der Waals surface area contributed by atoms with Crippen molar-refractivity contribution in [3.8, 4) is 0 Å². The number of aromatic nitrogens is 1. The summed E-state index contributed by atoms with van der Waals surface area (Å²) in [5.41, 5.74) is 1.48. The lowest BCUT2D eigenvalue weighted by Gasteiger charge is -2.11. The highest BCUT2D eigenvalue weighted by atomic mass is 19.1. The average Bonchev–Trinajstić information content (AvgIpc) is 2.93. The first-order valence-corrected chi connectivity index (χ1v) is 6.05. The second-order valence-electron chi connectivity index (χ2n) is 4.69. The lowest BCUT2D eigenvalue weighted by Crippen LogP contribution is -2.07. The molecule has 0 amide bonds. The molecule has 0 N–H and O–H groups in total. The van der Waals surface area contributed by atoms with Gasteiger partial charge in [0.05, 0.1) is 12.6 Å². The summed E-state index contributed by atoms with van der Waals surface area (Å²) >= 11 is 0. The third-order valence-electron chi connectivity index (χ3n) is 3.47. The summed E-state index contributed by atoms with van der Waals surface area (Å²) in [5, 5.41) is 0.689. The number of carbonyl (C=O) groups excluding carboxylic acids is 1. The molecule has 3 nitrogen and oxygen atoms in total. The van der Waals surface area contributed by atoms with E-state index >= 15 is 0 Å². The van der Waals surface area contributed by atoms with Crippen LogP contribution < -0.4 is 0 Å². The number of halogens is 1. The predicted octanol–water partition coefficient (Wildman–Crippen LogP) is 2.94. The fourth-order valence-corrected chi connectivity index (χ4v) is 2.55.